The number of nitrogens with zero attached hydrogens (tertiary/aromatic N) is 1. The molecule has 0 aromatic carbocycles. The van der Waals surface area contributed by atoms with E-state index in [0.717, 1.165) is 5.03 Å². The summed E-state index contributed by atoms with van der Waals surface area (Å²) < 4.78 is 0. The van der Waals surface area contributed by atoms with Gasteiger partial charge in [-0.1, -0.05) is 26.8 Å². The molecule has 0 aliphatic carbocycles. The quantitative estimate of drug-likeness (QED) is 0.780. The summed E-state index contributed by atoms with van der Waals surface area (Å²) in [5.41, 5.74) is 1.40. The third-order valence-corrected chi connectivity index (χ3v) is 2.87. The fourth-order valence-electron chi connectivity index (χ4n) is 1.06. The lowest BCUT2D eigenvalue weighted by atomic mass is 9.88. The first-order chi connectivity index (χ1) is 6.54. The van der Waals surface area contributed by atoms with E-state index in [0.29, 0.717) is 5.75 Å². The van der Waals surface area contributed by atoms with E-state index in [-0.39, 0.29) is 12.0 Å². The monoisotopic (exact) mass is 211 g/mol. The summed E-state index contributed by atoms with van der Waals surface area (Å²) in [5, 5.41) is 9.64. The molecule has 0 radical (unpaired) electrons. The van der Waals surface area contributed by atoms with Crippen LogP contribution in [0.4, 0.5) is 0 Å². The first-order valence-electron chi connectivity index (χ1n) is 4.74. The molecule has 1 aromatic heterocycles. The Bertz CT molecular complexity index is 276. The molecule has 1 rings (SSSR count). The van der Waals surface area contributed by atoms with Crippen LogP contribution < -0.4 is 0 Å². The Hall–Kier alpha value is -0.540. The number of aliphatic hydroxyl groups excluding tert-OH is 1. The third-order valence-electron chi connectivity index (χ3n) is 1.94. The molecule has 0 saturated heterocycles. The zero-order valence-corrected chi connectivity index (χ0v) is 9.77. The smallest absolute Gasteiger partial charge is 0.0960 e. The third kappa shape index (κ3) is 3.31. The predicted molar refractivity (Wildman–Crippen MR) is 60.7 cm³/mol. The summed E-state index contributed by atoms with van der Waals surface area (Å²) in [4.78, 5) is 4.33. The van der Waals surface area contributed by atoms with Crippen molar-refractivity contribution in [3.63, 3.8) is 0 Å². The van der Waals surface area contributed by atoms with Crippen molar-refractivity contribution in [1.29, 1.82) is 0 Å². The van der Waals surface area contributed by atoms with E-state index in [1.165, 1.54) is 5.56 Å². The minimum Gasteiger partial charge on any atom is -0.396 e. The average molecular weight is 211 g/mol. The Labute approximate surface area is 89.8 Å². The van der Waals surface area contributed by atoms with E-state index >= 15 is 0 Å². The van der Waals surface area contributed by atoms with Crippen molar-refractivity contribution < 1.29 is 5.11 Å². The fraction of sp³-hybridized carbons (Fsp3) is 0.545. The summed E-state index contributed by atoms with van der Waals surface area (Å²) in [5.74, 6) is 0.710. The molecule has 1 heterocycles. The Morgan fingerprint density at radius 3 is 2.50 bits per heavy atom. The molecule has 0 saturated carbocycles. The number of hydrogen-bond acceptors (Lipinski definition) is 3. The van der Waals surface area contributed by atoms with Crippen LogP contribution in [0.15, 0.2) is 23.4 Å². The molecule has 0 bridgehead atoms. The van der Waals surface area contributed by atoms with Crippen LogP contribution in [0.5, 0.6) is 0 Å². The number of thioether (sulfide) groups is 1. The highest BCUT2D eigenvalue weighted by molar-refractivity contribution is 7.99. The van der Waals surface area contributed by atoms with Gasteiger partial charge < -0.3 is 5.11 Å². The van der Waals surface area contributed by atoms with Crippen molar-refractivity contribution in [2.45, 2.75) is 31.2 Å². The Kier molecular flexibility index (Phi) is 3.96. The topological polar surface area (TPSA) is 33.1 Å². The highest BCUT2D eigenvalue weighted by Crippen LogP contribution is 2.23. The maximum absolute atomic E-state index is 8.66. The van der Waals surface area contributed by atoms with E-state index in [9.17, 15) is 0 Å². The Morgan fingerprint density at radius 1 is 1.36 bits per heavy atom. The molecule has 0 atom stereocenters. The van der Waals surface area contributed by atoms with Gasteiger partial charge in [-0.25, -0.2) is 4.98 Å². The number of rotatable bonds is 3. The van der Waals surface area contributed by atoms with Crippen LogP contribution in [0.25, 0.3) is 0 Å². The molecule has 0 unspecified atom stereocenters. The number of aromatic nitrogens is 1. The maximum atomic E-state index is 8.66. The molecular formula is C11H17NOS. The molecule has 2 nitrogen and oxygen atoms in total. The molecule has 78 valence electrons. The van der Waals surface area contributed by atoms with Crippen LogP contribution >= 0.6 is 11.8 Å². The lowest BCUT2D eigenvalue weighted by molar-refractivity contribution is 0.322. The molecule has 1 aromatic rings. The fourth-order valence-corrected chi connectivity index (χ4v) is 1.65. The van der Waals surface area contributed by atoms with Crippen LogP contribution in [0.3, 0.4) is 0 Å². The van der Waals surface area contributed by atoms with Gasteiger partial charge >= 0.3 is 0 Å². The van der Waals surface area contributed by atoms with Gasteiger partial charge in [0.25, 0.3) is 0 Å². The van der Waals surface area contributed by atoms with Crippen molar-refractivity contribution in [2.24, 2.45) is 0 Å². The highest BCUT2D eigenvalue weighted by Gasteiger charge is 2.13. The minimum absolute atomic E-state index is 0.160. The van der Waals surface area contributed by atoms with Gasteiger partial charge in [0.2, 0.25) is 0 Å². The zero-order chi connectivity index (χ0) is 10.6. The second-order valence-electron chi connectivity index (χ2n) is 4.21. The van der Waals surface area contributed by atoms with Gasteiger partial charge in [-0.3, -0.25) is 0 Å². The Morgan fingerprint density at radius 2 is 2.07 bits per heavy atom. The first-order valence-corrected chi connectivity index (χ1v) is 5.73. The van der Waals surface area contributed by atoms with Crippen LogP contribution in [0.2, 0.25) is 0 Å². The second kappa shape index (κ2) is 4.80. The van der Waals surface area contributed by atoms with Crippen LogP contribution in [-0.4, -0.2) is 22.5 Å². The van der Waals surface area contributed by atoms with Crippen LogP contribution in [0, 0.1) is 0 Å². The van der Waals surface area contributed by atoms with Crippen molar-refractivity contribution in [1.82, 2.24) is 4.98 Å². The summed E-state index contributed by atoms with van der Waals surface area (Å²) in [7, 11) is 0. The van der Waals surface area contributed by atoms with Gasteiger partial charge in [-0.05, 0) is 17.0 Å². The minimum atomic E-state index is 0.160. The summed E-state index contributed by atoms with van der Waals surface area (Å²) in [6.07, 6.45) is 1.92. The molecule has 0 fully saturated rings. The summed E-state index contributed by atoms with van der Waals surface area (Å²) in [6.45, 7) is 6.72. The molecule has 0 aliphatic rings. The van der Waals surface area contributed by atoms with E-state index in [1.807, 2.05) is 12.3 Å². The van der Waals surface area contributed by atoms with E-state index < -0.39 is 0 Å². The van der Waals surface area contributed by atoms with Gasteiger partial charge in [0, 0.05) is 11.9 Å². The lowest BCUT2D eigenvalue weighted by Crippen LogP contribution is -2.11. The predicted octanol–water partition coefficient (Wildman–Crippen LogP) is 2.46. The van der Waals surface area contributed by atoms with Crippen molar-refractivity contribution in [3.05, 3.63) is 23.9 Å². The molecule has 0 amide bonds. The standard InChI is InChI=1S/C11H17NOS/c1-11(2,3)9-4-5-10(12-8-9)14-7-6-13/h4-5,8,13H,6-7H2,1-3H3. The Balaban J connectivity index is 2.69. The molecule has 3 heteroatoms. The van der Waals surface area contributed by atoms with Gasteiger partial charge in [0.1, 0.15) is 0 Å². The zero-order valence-electron chi connectivity index (χ0n) is 8.95. The van der Waals surface area contributed by atoms with Gasteiger partial charge in [0.15, 0.2) is 0 Å². The SMILES string of the molecule is CC(C)(C)c1ccc(SCCO)nc1. The van der Waals surface area contributed by atoms with E-state index in [4.69, 9.17) is 5.11 Å². The van der Waals surface area contributed by atoms with Gasteiger partial charge in [0.05, 0.1) is 11.6 Å². The van der Waals surface area contributed by atoms with Crippen molar-refractivity contribution >= 4 is 11.8 Å². The van der Waals surface area contributed by atoms with E-state index in [1.54, 1.807) is 11.8 Å². The molecule has 0 spiro atoms. The van der Waals surface area contributed by atoms with Gasteiger partial charge in [-0.15, -0.1) is 11.8 Å². The normalized spacial score (nSPS) is 11.7. The van der Waals surface area contributed by atoms with Crippen LogP contribution in [-0.2, 0) is 5.41 Å². The van der Waals surface area contributed by atoms with E-state index in [2.05, 4.69) is 31.8 Å². The summed E-state index contributed by atoms with van der Waals surface area (Å²) >= 11 is 1.58. The molecule has 0 aliphatic heterocycles. The number of hydrogen-bond donors (Lipinski definition) is 1. The van der Waals surface area contributed by atoms with Crippen molar-refractivity contribution in [3.8, 4) is 0 Å². The number of aliphatic hydroxyl groups is 1. The first kappa shape index (κ1) is 11.5. The van der Waals surface area contributed by atoms with Gasteiger partial charge in [-0.2, -0.15) is 0 Å². The number of pyridine rings is 1. The van der Waals surface area contributed by atoms with Crippen molar-refractivity contribution in [2.75, 3.05) is 12.4 Å². The maximum Gasteiger partial charge on any atom is 0.0960 e. The molecular weight excluding hydrogens is 194 g/mol. The lowest BCUT2D eigenvalue weighted by Gasteiger charge is -2.18. The average Bonchev–Trinajstić information content (AvgIpc) is 2.14. The summed E-state index contributed by atoms with van der Waals surface area (Å²) in [6, 6.07) is 4.12. The second-order valence-corrected chi connectivity index (χ2v) is 5.32. The molecule has 1 N–H and O–H groups in total. The highest BCUT2D eigenvalue weighted by atomic mass is 32.2. The molecule has 14 heavy (non-hydrogen) atoms. The largest absolute Gasteiger partial charge is 0.396 e. The van der Waals surface area contributed by atoms with Crippen LogP contribution in [0.1, 0.15) is 26.3 Å².